The molecule has 0 aromatic heterocycles. The summed E-state index contributed by atoms with van der Waals surface area (Å²) in [7, 11) is 0. The highest BCUT2D eigenvalue weighted by atomic mass is 16.6. The van der Waals surface area contributed by atoms with Crippen molar-refractivity contribution in [2.75, 3.05) is 26.2 Å². The Kier molecular flexibility index (Phi) is 5.32. The lowest BCUT2D eigenvalue weighted by Gasteiger charge is -2.49. The maximum absolute atomic E-state index is 12.5. The molecule has 0 spiro atoms. The van der Waals surface area contributed by atoms with Gasteiger partial charge in [0.15, 0.2) is 0 Å². The number of fused-ring (bicyclic) bond motifs is 2. The number of ether oxygens (including phenoxy) is 1. The van der Waals surface area contributed by atoms with E-state index in [4.69, 9.17) is 4.74 Å². The van der Waals surface area contributed by atoms with E-state index in [2.05, 4.69) is 18.8 Å². The molecule has 0 bridgehead atoms. The van der Waals surface area contributed by atoms with Crippen LogP contribution in [-0.2, 0) is 14.3 Å². The zero-order valence-corrected chi connectivity index (χ0v) is 16.8. The lowest BCUT2D eigenvalue weighted by molar-refractivity contribution is -0.659. The van der Waals surface area contributed by atoms with Crippen LogP contribution >= 0.6 is 0 Å². The van der Waals surface area contributed by atoms with Gasteiger partial charge in [-0.25, -0.2) is 0 Å². The molecule has 4 fully saturated rings. The van der Waals surface area contributed by atoms with Crippen LogP contribution in [0.2, 0.25) is 0 Å². The van der Waals surface area contributed by atoms with Gasteiger partial charge in [0.05, 0.1) is 13.1 Å². The van der Waals surface area contributed by atoms with Gasteiger partial charge in [-0.05, 0) is 49.9 Å². The summed E-state index contributed by atoms with van der Waals surface area (Å²) in [5, 5.41) is 2.26. The predicted molar refractivity (Wildman–Crippen MR) is 103 cm³/mol. The zero-order chi connectivity index (χ0) is 19.0. The molecule has 0 aromatic rings. The van der Waals surface area contributed by atoms with Crippen LogP contribution in [0.3, 0.4) is 0 Å². The number of carbonyl (C=O) groups excluding carboxylic acids is 2. The van der Waals surface area contributed by atoms with Crippen LogP contribution in [-0.4, -0.2) is 49.1 Å². The molecule has 5 heteroatoms. The predicted octanol–water partition coefficient (Wildman–Crippen LogP) is 1.88. The van der Waals surface area contributed by atoms with Gasteiger partial charge in [-0.2, -0.15) is 0 Å². The van der Waals surface area contributed by atoms with Crippen LogP contribution in [0.1, 0.15) is 58.3 Å². The molecule has 0 aromatic carbocycles. The molecule has 2 aliphatic carbocycles. The van der Waals surface area contributed by atoms with Gasteiger partial charge in [-0.1, -0.05) is 19.1 Å². The second-order valence-corrected chi connectivity index (χ2v) is 9.55. The largest absolute Gasteiger partial charge is 0.462 e. The second-order valence-electron chi connectivity index (χ2n) is 9.55. The van der Waals surface area contributed by atoms with Gasteiger partial charge >= 0.3 is 5.97 Å². The Morgan fingerprint density at radius 2 is 2.15 bits per heavy atom. The van der Waals surface area contributed by atoms with Crippen molar-refractivity contribution < 1.29 is 19.6 Å². The number of carbonyl (C=O) groups is 2. The third kappa shape index (κ3) is 3.67. The average Bonchev–Trinajstić information content (AvgIpc) is 3.15. The van der Waals surface area contributed by atoms with E-state index in [0.29, 0.717) is 24.2 Å². The maximum Gasteiger partial charge on any atom is 0.315 e. The summed E-state index contributed by atoms with van der Waals surface area (Å²) >= 11 is 0. The molecule has 27 heavy (non-hydrogen) atoms. The molecule has 0 unspecified atom stereocenters. The molecule has 150 valence electrons. The number of rotatable bonds is 6. The first-order chi connectivity index (χ1) is 13.0. The molecule has 5 nitrogen and oxygen atoms in total. The van der Waals surface area contributed by atoms with E-state index in [-0.39, 0.29) is 23.4 Å². The summed E-state index contributed by atoms with van der Waals surface area (Å²) in [5.41, 5.74) is 1.68. The fourth-order valence-electron chi connectivity index (χ4n) is 6.19. The van der Waals surface area contributed by atoms with Crippen molar-refractivity contribution >= 4 is 11.9 Å². The average molecular weight is 376 g/mol. The first-order valence-electron chi connectivity index (χ1n) is 11.0. The Morgan fingerprint density at radius 3 is 2.93 bits per heavy atom. The molecule has 4 aliphatic rings. The van der Waals surface area contributed by atoms with Crippen LogP contribution < -0.4 is 5.32 Å². The van der Waals surface area contributed by atoms with Crippen LogP contribution in [0, 0.1) is 23.2 Å². The van der Waals surface area contributed by atoms with Crippen LogP contribution in [0.4, 0.5) is 0 Å². The summed E-state index contributed by atoms with van der Waals surface area (Å²) in [5.74, 6) is 1.27. The summed E-state index contributed by atoms with van der Waals surface area (Å²) in [4.78, 5) is 26.2. The molecule has 1 amide bonds. The van der Waals surface area contributed by atoms with Crippen molar-refractivity contribution in [1.82, 2.24) is 4.90 Å². The zero-order valence-electron chi connectivity index (χ0n) is 16.8. The number of likely N-dealkylation sites (tertiary alicyclic amines) is 1. The fourth-order valence-corrected chi connectivity index (χ4v) is 6.19. The lowest BCUT2D eigenvalue weighted by Crippen LogP contribution is -2.86. The Morgan fingerprint density at radius 1 is 1.30 bits per heavy atom. The molecule has 2 heterocycles. The number of esters is 1. The van der Waals surface area contributed by atoms with Crippen molar-refractivity contribution in [1.29, 1.82) is 0 Å². The van der Waals surface area contributed by atoms with E-state index in [0.717, 1.165) is 58.3 Å². The number of nitrogens with two attached hydrogens (primary N) is 1. The monoisotopic (exact) mass is 375 g/mol. The molecule has 2 N–H and O–H groups in total. The summed E-state index contributed by atoms with van der Waals surface area (Å²) < 4.78 is 5.84. The van der Waals surface area contributed by atoms with Crippen molar-refractivity contribution in [3.8, 4) is 0 Å². The minimum atomic E-state index is 0.0174. The summed E-state index contributed by atoms with van der Waals surface area (Å²) in [6, 6.07) is 0. The van der Waals surface area contributed by atoms with Gasteiger partial charge in [0.25, 0.3) is 0 Å². The first-order valence-corrected chi connectivity index (χ1v) is 11.0. The van der Waals surface area contributed by atoms with E-state index < -0.39 is 0 Å². The maximum atomic E-state index is 12.5. The number of amides is 1. The van der Waals surface area contributed by atoms with Crippen molar-refractivity contribution in [2.45, 2.75) is 64.4 Å². The SMILES string of the molecule is C=C1CCC[C@]2(C)C[C@H]3OC(=O)[C@H](C[NH2+]CCCN4CCCC4=O)[C@H]3C[C@H]12. The normalized spacial score (nSPS) is 38.7. The van der Waals surface area contributed by atoms with E-state index in [1.807, 2.05) is 4.90 Å². The highest BCUT2D eigenvalue weighted by Crippen LogP contribution is 2.56. The van der Waals surface area contributed by atoms with E-state index in [1.165, 1.54) is 18.4 Å². The minimum absolute atomic E-state index is 0.0174. The van der Waals surface area contributed by atoms with Crippen LogP contribution in [0.25, 0.3) is 0 Å². The van der Waals surface area contributed by atoms with E-state index in [9.17, 15) is 9.59 Å². The third-order valence-electron chi connectivity index (χ3n) is 7.75. The van der Waals surface area contributed by atoms with E-state index >= 15 is 0 Å². The molecule has 0 radical (unpaired) electrons. The number of allylic oxidation sites excluding steroid dienone is 1. The highest BCUT2D eigenvalue weighted by Gasteiger charge is 2.55. The molecule has 2 aliphatic heterocycles. The van der Waals surface area contributed by atoms with Gasteiger partial charge in [-0.15, -0.1) is 0 Å². The fraction of sp³-hybridized carbons (Fsp3) is 0.818. The van der Waals surface area contributed by atoms with Crippen molar-refractivity contribution in [3.63, 3.8) is 0 Å². The quantitative estimate of drug-likeness (QED) is 0.438. The van der Waals surface area contributed by atoms with Gasteiger partial charge in [0.1, 0.15) is 12.0 Å². The van der Waals surface area contributed by atoms with Crippen molar-refractivity contribution in [2.24, 2.45) is 23.2 Å². The van der Waals surface area contributed by atoms with Gasteiger partial charge in [-0.3, -0.25) is 9.59 Å². The molecule has 5 atom stereocenters. The van der Waals surface area contributed by atoms with E-state index in [1.54, 1.807) is 0 Å². The summed E-state index contributed by atoms with van der Waals surface area (Å²) in [6.07, 6.45) is 8.55. The number of hydrogen-bond donors (Lipinski definition) is 1. The highest BCUT2D eigenvalue weighted by molar-refractivity contribution is 5.78. The Bertz CT molecular complexity index is 619. The Balaban J connectivity index is 1.28. The smallest absolute Gasteiger partial charge is 0.315 e. The van der Waals surface area contributed by atoms with Crippen LogP contribution in [0.15, 0.2) is 12.2 Å². The molecular weight excluding hydrogens is 340 g/mol. The molecule has 2 saturated heterocycles. The minimum Gasteiger partial charge on any atom is -0.462 e. The first kappa shape index (κ1) is 19.0. The van der Waals surface area contributed by atoms with Gasteiger partial charge < -0.3 is 15.0 Å². The topological polar surface area (TPSA) is 63.2 Å². The van der Waals surface area contributed by atoms with Crippen LogP contribution in [0.5, 0.6) is 0 Å². The molecule has 4 rings (SSSR count). The lowest BCUT2D eigenvalue weighted by atomic mass is 9.55. The Labute approximate surface area is 162 Å². The number of nitrogens with zero attached hydrogens (tertiary/aromatic N) is 1. The summed E-state index contributed by atoms with van der Waals surface area (Å²) in [6.45, 7) is 10.3. The number of hydrogen-bond acceptors (Lipinski definition) is 3. The number of quaternary nitrogens is 1. The molecular formula is C22H35N2O3+. The van der Waals surface area contributed by atoms with Crippen molar-refractivity contribution in [3.05, 3.63) is 12.2 Å². The second kappa shape index (κ2) is 7.57. The third-order valence-corrected chi connectivity index (χ3v) is 7.75. The molecule has 2 saturated carbocycles. The van der Waals surface area contributed by atoms with Gasteiger partial charge in [0, 0.05) is 31.8 Å². The van der Waals surface area contributed by atoms with Gasteiger partial charge in [0.2, 0.25) is 5.91 Å². The Hall–Kier alpha value is -1.36. The standard InChI is InChI=1S/C22H34N2O3/c1-15-6-3-8-22(2)13-19-16(12-18(15)22)17(21(26)27-19)14-23-9-5-11-24-10-4-7-20(24)25/h16-19,23H,1,3-14H2,2H3/p+1/t16-,17-,18-,19-,22-/m1/s1.